The van der Waals surface area contributed by atoms with E-state index in [4.69, 9.17) is 9.57 Å². The first-order chi connectivity index (χ1) is 12.2. The molecule has 3 rings (SSSR count). The maximum atomic E-state index is 13.8. The summed E-state index contributed by atoms with van der Waals surface area (Å²) in [6, 6.07) is 7.45. The van der Waals surface area contributed by atoms with Gasteiger partial charge in [-0.05, 0) is 30.3 Å². The third kappa shape index (κ3) is 4.19. The van der Waals surface area contributed by atoms with E-state index in [9.17, 15) is 9.18 Å². The van der Waals surface area contributed by atoms with E-state index in [1.807, 2.05) is 0 Å². The number of aromatic nitrogens is 2. The molecule has 2 N–H and O–H groups in total. The monoisotopic (exact) mass is 345 g/mol. The molecule has 0 fully saturated rings. The molecule has 2 amide bonds. The molecule has 0 saturated carbocycles. The number of amides is 2. The van der Waals surface area contributed by atoms with E-state index in [2.05, 4.69) is 26.0 Å². The molecular weight excluding hydrogens is 329 g/mol. The van der Waals surface area contributed by atoms with E-state index in [-0.39, 0.29) is 18.4 Å². The lowest BCUT2D eigenvalue weighted by Gasteiger charge is -2.10. The molecule has 1 aromatic heterocycles. The molecule has 1 aliphatic heterocycles. The Morgan fingerprint density at radius 3 is 3.04 bits per heavy atom. The molecule has 1 atom stereocenters. The zero-order valence-electron chi connectivity index (χ0n) is 13.4. The minimum absolute atomic E-state index is 0.169. The molecule has 0 radical (unpaired) electrons. The van der Waals surface area contributed by atoms with Gasteiger partial charge in [0.05, 0.1) is 19.4 Å². The fourth-order valence-corrected chi connectivity index (χ4v) is 2.29. The van der Waals surface area contributed by atoms with Crippen molar-refractivity contribution in [2.75, 3.05) is 19.0 Å². The van der Waals surface area contributed by atoms with Crippen LogP contribution in [-0.2, 0) is 4.84 Å². The van der Waals surface area contributed by atoms with Crippen LogP contribution in [0.15, 0.2) is 41.7 Å². The molecule has 1 unspecified atom stereocenters. The summed E-state index contributed by atoms with van der Waals surface area (Å²) in [7, 11) is 1.40. The summed E-state index contributed by atoms with van der Waals surface area (Å²) in [6.07, 6.45) is 1.64. The number of halogens is 1. The molecule has 1 aliphatic rings. The first kappa shape index (κ1) is 16.6. The number of methoxy groups -OCH3 is 1. The Kier molecular flexibility index (Phi) is 5.03. The smallest absolute Gasteiger partial charge is 0.320 e. The average molecular weight is 345 g/mol. The number of hydrogen-bond donors (Lipinski definition) is 2. The second-order valence-corrected chi connectivity index (χ2v) is 5.26. The second kappa shape index (κ2) is 7.56. The lowest BCUT2D eigenvalue weighted by Crippen LogP contribution is -2.35. The summed E-state index contributed by atoms with van der Waals surface area (Å²) in [5, 5.41) is 16.6. The zero-order valence-corrected chi connectivity index (χ0v) is 13.4. The quantitative estimate of drug-likeness (QED) is 0.863. The van der Waals surface area contributed by atoms with Gasteiger partial charge in [0.15, 0.2) is 23.5 Å². The predicted molar refractivity (Wildman–Crippen MR) is 88.0 cm³/mol. The molecule has 8 nitrogen and oxygen atoms in total. The van der Waals surface area contributed by atoms with Gasteiger partial charge in [-0.3, -0.25) is 5.32 Å². The van der Waals surface area contributed by atoms with Crippen molar-refractivity contribution >= 4 is 17.6 Å². The molecule has 1 aromatic carbocycles. The minimum Gasteiger partial charge on any atom is -0.494 e. The standard InChI is InChI=1S/C16H16FN5O3/c1-24-14-5-4-10(7-12(14)17)13-8-11(25-22-13)9-18-16(23)20-15-3-2-6-19-21-15/h2-7,11H,8-9H2,1H3,(H2,18,20,21,23). The number of oxime groups is 1. The van der Waals surface area contributed by atoms with Crippen LogP contribution in [0.3, 0.4) is 0 Å². The molecule has 25 heavy (non-hydrogen) atoms. The maximum absolute atomic E-state index is 13.8. The SMILES string of the molecule is COc1ccc(C2=NOC(CNC(=O)Nc3cccnn3)C2)cc1F. The van der Waals surface area contributed by atoms with Crippen LogP contribution in [0.4, 0.5) is 15.0 Å². The third-order valence-electron chi connectivity index (χ3n) is 3.52. The van der Waals surface area contributed by atoms with Gasteiger partial charge in [-0.2, -0.15) is 5.10 Å². The minimum atomic E-state index is -0.465. The van der Waals surface area contributed by atoms with Gasteiger partial charge in [-0.25, -0.2) is 9.18 Å². The average Bonchev–Trinajstić information content (AvgIpc) is 3.10. The van der Waals surface area contributed by atoms with Crippen molar-refractivity contribution < 1.29 is 18.8 Å². The number of carbonyl (C=O) groups excluding carboxylic acids is 1. The Balaban J connectivity index is 1.49. The Morgan fingerprint density at radius 1 is 1.44 bits per heavy atom. The number of benzene rings is 1. The van der Waals surface area contributed by atoms with Gasteiger partial charge in [0.25, 0.3) is 0 Å². The Morgan fingerprint density at radius 2 is 2.32 bits per heavy atom. The Bertz CT molecular complexity index is 785. The van der Waals surface area contributed by atoms with E-state index in [1.54, 1.807) is 18.2 Å². The van der Waals surface area contributed by atoms with Crippen LogP contribution in [0.5, 0.6) is 5.75 Å². The van der Waals surface area contributed by atoms with Crippen molar-refractivity contribution in [3.05, 3.63) is 47.9 Å². The van der Waals surface area contributed by atoms with E-state index < -0.39 is 11.8 Å². The number of carbonyl (C=O) groups is 1. The number of urea groups is 1. The number of ether oxygens (including phenoxy) is 1. The highest BCUT2D eigenvalue weighted by atomic mass is 19.1. The van der Waals surface area contributed by atoms with Gasteiger partial charge in [0, 0.05) is 18.2 Å². The predicted octanol–water partition coefficient (Wildman–Crippen LogP) is 1.94. The summed E-state index contributed by atoms with van der Waals surface area (Å²) >= 11 is 0. The van der Waals surface area contributed by atoms with E-state index in [0.717, 1.165) is 0 Å². The lowest BCUT2D eigenvalue weighted by atomic mass is 10.0. The molecule has 2 heterocycles. The van der Waals surface area contributed by atoms with Crippen molar-refractivity contribution in [1.82, 2.24) is 15.5 Å². The number of nitrogens with zero attached hydrogens (tertiary/aromatic N) is 3. The van der Waals surface area contributed by atoms with Gasteiger partial charge in [0.2, 0.25) is 0 Å². The van der Waals surface area contributed by atoms with E-state index in [0.29, 0.717) is 23.5 Å². The topological polar surface area (TPSA) is 97.7 Å². The van der Waals surface area contributed by atoms with Gasteiger partial charge >= 0.3 is 6.03 Å². The van der Waals surface area contributed by atoms with Crippen LogP contribution in [-0.4, -0.2) is 41.7 Å². The molecule has 130 valence electrons. The van der Waals surface area contributed by atoms with Crippen molar-refractivity contribution in [3.8, 4) is 5.75 Å². The van der Waals surface area contributed by atoms with Crippen molar-refractivity contribution in [1.29, 1.82) is 0 Å². The zero-order chi connectivity index (χ0) is 17.6. The molecule has 0 aliphatic carbocycles. The number of rotatable bonds is 5. The Labute approximate surface area is 143 Å². The molecule has 0 bridgehead atoms. The Hall–Kier alpha value is -3.23. The fourth-order valence-electron chi connectivity index (χ4n) is 2.29. The summed E-state index contributed by atoms with van der Waals surface area (Å²) < 4.78 is 18.7. The van der Waals surface area contributed by atoms with Gasteiger partial charge in [0.1, 0.15) is 0 Å². The molecule has 9 heteroatoms. The number of anilines is 1. The summed E-state index contributed by atoms with van der Waals surface area (Å²) in [5.74, 6) is 0.0489. The number of hydrogen-bond acceptors (Lipinski definition) is 6. The normalized spacial score (nSPS) is 15.9. The van der Waals surface area contributed by atoms with E-state index >= 15 is 0 Å². The highest BCUT2D eigenvalue weighted by Crippen LogP contribution is 2.22. The van der Waals surface area contributed by atoms with Gasteiger partial charge in [-0.1, -0.05) is 5.16 Å². The van der Waals surface area contributed by atoms with E-state index in [1.165, 1.54) is 25.4 Å². The summed E-state index contributed by atoms with van der Waals surface area (Å²) in [4.78, 5) is 17.1. The molecular formula is C16H16FN5O3. The van der Waals surface area contributed by atoms with Crippen LogP contribution in [0.25, 0.3) is 0 Å². The van der Waals surface area contributed by atoms with Crippen molar-refractivity contribution in [2.24, 2.45) is 5.16 Å². The molecule has 0 spiro atoms. The van der Waals surface area contributed by atoms with Crippen LogP contribution in [0.2, 0.25) is 0 Å². The van der Waals surface area contributed by atoms with Crippen molar-refractivity contribution in [3.63, 3.8) is 0 Å². The lowest BCUT2D eigenvalue weighted by molar-refractivity contribution is 0.0870. The maximum Gasteiger partial charge on any atom is 0.320 e. The molecule has 0 saturated heterocycles. The number of nitrogens with one attached hydrogen (secondary N) is 2. The second-order valence-electron chi connectivity index (χ2n) is 5.26. The van der Waals surface area contributed by atoms with Crippen LogP contribution in [0.1, 0.15) is 12.0 Å². The highest BCUT2D eigenvalue weighted by molar-refractivity contribution is 6.01. The van der Waals surface area contributed by atoms with Crippen molar-refractivity contribution in [2.45, 2.75) is 12.5 Å². The molecule has 2 aromatic rings. The van der Waals surface area contributed by atoms with Crippen LogP contribution < -0.4 is 15.4 Å². The van der Waals surface area contributed by atoms with Crippen LogP contribution >= 0.6 is 0 Å². The fraction of sp³-hybridized carbons (Fsp3) is 0.250. The summed E-state index contributed by atoms with van der Waals surface area (Å²) in [5.41, 5.74) is 1.23. The van der Waals surface area contributed by atoms with Crippen LogP contribution in [0, 0.1) is 5.82 Å². The first-order valence-electron chi connectivity index (χ1n) is 7.55. The summed E-state index contributed by atoms with van der Waals surface area (Å²) in [6.45, 7) is 0.248. The van der Waals surface area contributed by atoms with Gasteiger partial charge < -0.3 is 14.9 Å². The van der Waals surface area contributed by atoms with Gasteiger partial charge in [-0.15, -0.1) is 5.10 Å². The largest absolute Gasteiger partial charge is 0.494 e. The first-order valence-corrected chi connectivity index (χ1v) is 7.55. The highest BCUT2D eigenvalue weighted by Gasteiger charge is 2.23. The third-order valence-corrected chi connectivity index (χ3v) is 3.52.